The van der Waals surface area contributed by atoms with E-state index in [1.54, 1.807) is 0 Å². The molecule has 0 aromatic heterocycles. The molecule has 0 bridgehead atoms. The highest BCUT2D eigenvalue weighted by molar-refractivity contribution is 9.10. The standard InChI is InChI=1S/C12H18BrNOSi/c1-5-14-12(15)11-9(13)7-6-8-10(11)16(2,3)4/h6-8H,5H2,1-4H3,(H,14,15). The molecule has 0 fully saturated rings. The Bertz CT molecular complexity index is 398. The van der Waals surface area contributed by atoms with Crippen molar-refractivity contribution in [2.24, 2.45) is 0 Å². The van der Waals surface area contributed by atoms with E-state index in [0.717, 1.165) is 10.0 Å². The maximum Gasteiger partial charge on any atom is 0.252 e. The van der Waals surface area contributed by atoms with Gasteiger partial charge in [0, 0.05) is 11.0 Å². The van der Waals surface area contributed by atoms with E-state index in [1.807, 2.05) is 19.1 Å². The van der Waals surface area contributed by atoms with Gasteiger partial charge in [-0.05, 0) is 34.1 Å². The smallest absolute Gasteiger partial charge is 0.252 e. The van der Waals surface area contributed by atoms with E-state index in [2.05, 4.69) is 47.0 Å². The van der Waals surface area contributed by atoms with Crippen LogP contribution in [0.4, 0.5) is 0 Å². The maximum absolute atomic E-state index is 12.0. The van der Waals surface area contributed by atoms with Gasteiger partial charge in [-0.3, -0.25) is 4.79 Å². The number of carbonyl (C=O) groups excluding carboxylic acids is 1. The lowest BCUT2D eigenvalue weighted by Crippen LogP contribution is -2.43. The van der Waals surface area contributed by atoms with Crippen LogP contribution in [0.5, 0.6) is 0 Å². The molecule has 0 aliphatic heterocycles. The molecule has 0 saturated heterocycles. The van der Waals surface area contributed by atoms with Crippen LogP contribution in [-0.2, 0) is 0 Å². The van der Waals surface area contributed by atoms with Gasteiger partial charge in [0.1, 0.15) is 0 Å². The van der Waals surface area contributed by atoms with E-state index in [4.69, 9.17) is 0 Å². The summed E-state index contributed by atoms with van der Waals surface area (Å²) in [7, 11) is -1.49. The van der Waals surface area contributed by atoms with E-state index >= 15 is 0 Å². The topological polar surface area (TPSA) is 29.1 Å². The molecule has 0 atom stereocenters. The molecular formula is C12H18BrNOSi. The van der Waals surface area contributed by atoms with Crippen LogP contribution >= 0.6 is 15.9 Å². The molecule has 0 radical (unpaired) electrons. The van der Waals surface area contributed by atoms with E-state index in [0.29, 0.717) is 6.54 Å². The first-order valence-corrected chi connectivity index (χ1v) is 9.74. The van der Waals surface area contributed by atoms with Crippen LogP contribution in [0.25, 0.3) is 0 Å². The average Bonchev–Trinajstić information content (AvgIpc) is 2.16. The third kappa shape index (κ3) is 2.95. The number of rotatable bonds is 3. The molecular weight excluding hydrogens is 282 g/mol. The second-order valence-corrected chi connectivity index (χ2v) is 10.7. The molecule has 1 N–H and O–H groups in total. The number of hydrogen-bond acceptors (Lipinski definition) is 1. The summed E-state index contributed by atoms with van der Waals surface area (Å²) in [5, 5.41) is 4.07. The largest absolute Gasteiger partial charge is 0.352 e. The number of halogens is 1. The van der Waals surface area contributed by atoms with Crippen LogP contribution in [-0.4, -0.2) is 20.5 Å². The number of amides is 1. The van der Waals surface area contributed by atoms with Gasteiger partial charge >= 0.3 is 0 Å². The highest BCUT2D eigenvalue weighted by atomic mass is 79.9. The molecule has 0 aliphatic rings. The summed E-state index contributed by atoms with van der Waals surface area (Å²) >= 11 is 3.47. The summed E-state index contributed by atoms with van der Waals surface area (Å²) in [4.78, 5) is 12.0. The van der Waals surface area contributed by atoms with Gasteiger partial charge in [-0.1, -0.05) is 31.8 Å². The molecule has 0 saturated carbocycles. The molecule has 0 aliphatic carbocycles. The fourth-order valence-corrected chi connectivity index (χ4v) is 3.95. The van der Waals surface area contributed by atoms with E-state index in [1.165, 1.54) is 5.19 Å². The number of nitrogens with one attached hydrogen (secondary N) is 1. The number of benzene rings is 1. The fraction of sp³-hybridized carbons (Fsp3) is 0.417. The Balaban J connectivity index is 3.30. The Morgan fingerprint density at radius 3 is 2.50 bits per heavy atom. The van der Waals surface area contributed by atoms with Gasteiger partial charge in [0.2, 0.25) is 0 Å². The minimum atomic E-state index is -1.49. The summed E-state index contributed by atoms with van der Waals surface area (Å²) in [6, 6.07) is 6.00. The molecule has 0 spiro atoms. The van der Waals surface area contributed by atoms with Crippen molar-refractivity contribution in [3.8, 4) is 0 Å². The van der Waals surface area contributed by atoms with Gasteiger partial charge in [0.15, 0.2) is 0 Å². The molecule has 88 valence electrons. The summed E-state index contributed by atoms with van der Waals surface area (Å²) in [5.41, 5.74) is 0.809. The highest BCUT2D eigenvalue weighted by Gasteiger charge is 2.24. The van der Waals surface area contributed by atoms with Crippen molar-refractivity contribution in [2.45, 2.75) is 26.6 Å². The van der Waals surface area contributed by atoms with Gasteiger partial charge in [-0.25, -0.2) is 0 Å². The van der Waals surface area contributed by atoms with Gasteiger partial charge in [0.05, 0.1) is 13.6 Å². The summed E-state index contributed by atoms with van der Waals surface area (Å²) in [5.74, 6) is 0.0207. The summed E-state index contributed by atoms with van der Waals surface area (Å²) in [6.45, 7) is 9.33. The Hall–Kier alpha value is -0.613. The Labute approximate surface area is 107 Å². The summed E-state index contributed by atoms with van der Waals surface area (Å²) < 4.78 is 0.887. The van der Waals surface area contributed by atoms with Crippen LogP contribution in [0.3, 0.4) is 0 Å². The first kappa shape index (κ1) is 13.5. The summed E-state index contributed by atoms with van der Waals surface area (Å²) in [6.07, 6.45) is 0. The third-order valence-electron chi connectivity index (χ3n) is 2.39. The fourth-order valence-electron chi connectivity index (χ4n) is 1.63. The zero-order valence-electron chi connectivity index (χ0n) is 10.2. The van der Waals surface area contributed by atoms with Gasteiger partial charge in [-0.15, -0.1) is 0 Å². The van der Waals surface area contributed by atoms with Crippen molar-refractivity contribution in [1.82, 2.24) is 5.32 Å². The first-order valence-electron chi connectivity index (χ1n) is 5.45. The van der Waals surface area contributed by atoms with Crippen molar-refractivity contribution in [2.75, 3.05) is 6.54 Å². The zero-order chi connectivity index (χ0) is 12.3. The number of hydrogen-bond donors (Lipinski definition) is 1. The van der Waals surface area contributed by atoms with Crippen molar-refractivity contribution in [3.63, 3.8) is 0 Å². The molecule has 2 nitrogen and oxygen atoms in total. The normalized spacial score (nSPS) is 11.3. The Morgan fingerprint density at radius 1 is 1.38 bits per heavy atom. The lowest BCUT2D eigenvalue weighted by molar-refractivity contribution is 0.0956. The predicted octanol–water partition coefficient (Wildman–Crippen LogP) is 2.74. The third-order valence-corrected chi connectivity index (χ3v) is 5.08. The van der Waals surface area contributed by atoms with Crippen molar-refractivity contribution in [1.29, 1.82) is 0 Å². The maximum atomic E-state index is 12.0. The SMILES string of the molecule is CCNC(=O)c1c(Br)cccc1[Si](C)(C)C. The monoisotopic (exact) mass is 299 g/mol. The molecule has 16 heavy (non-hydrogen) atoms. The average molecular weight is 300 g/mol. The molecule has 1 rings (SSSR count). The van der Waals surface area contributed by atoms with E-state index in [-0.39, 0.29) is 5.91 Å². The van der Waals surface area contributed by atoms with Crippen LogP contribution in [0.1, 0.15) is 17.3 Å². The Morgan fingerprint density at radius 2 is 2.00 bits per heavy atom. The van der Waals surface area contributed by atoms with Crippen molar-refractivity contribution in [3.05, 3.63) is 28.2 Å². The molecule has 1 aromatic rings. The Kier molecular flexibility index (Phi) is 4.33. The minimum Gasteiger partial charge on any atom is -0.352 e. The van der Waals surface area contributed by atoms with Crippen molar-refractivity contribution >= 4 is 35.1 Å². The van der Waals surface area contributed by atoms with Crippen LogP contribution in [0.2, 0.25) is 19.6 Å². The van der Waals surface area contributed by atoms with Gasteiger partial charge < -0.3 is 5.32 Å². The van der Waals surface area contributed by atoms with Crippen LogP contribution in [0.15, 0.2) is 22.7 Å². The molecule has 1 amide bonds. The van der Waals surface area contributed by atoms with Crippen LogP contribution < -0.4 is 10.5 Å². The molecule has 1 aromatic carbocycles. The number of carbonyl (C=O) groups is 1. The lowest BCUT2D eigenvalue weighted by atomic mass is 10.2. The van der Waals surface area contributed by atoms with E-state index in [9.17, 15) is 4.79 Å². The molecule has 0 unspecified atom stereocenters. The van der Waals surface area contributed by atoms with Gasteiger partial charge in [-0.2, -0.15) is 0 Å². The first-order chi connectivity index (χ1) is 7.38. The predicted molar refractivity (Wildman–Crippen MR) is 75.1 cm³/mol. The zero-order valence-corrected chi connectivity index (χ0v) is 12.8. The minimum absolute atomic E-state index is 0.0207. The second-order valence-electron chi connectivity index (χ2n) is 4.77. The second kappa shape index (κ2) is 5.14. The van der Waals surface area contributed by atoms with Gasteiger partial charge in [0.25, 0.3) is 5.91 Å². The van der Waals surface area contributed by atoms with Crippen molar-refractivity contribution < 1.29 is 4.79 Å². The quantitative estimate of drug-likeness (QED) is 0.855. The highest BCUT2D eigenvalue weighted by Crippen LogP contribution is 2.17. The lowest BCUT2D eigenvalue weighted by Gasteiger charge is -2.21. The van der Waals surface area contributed by atoms with E-state index < -0.39 is 8.07 Å². The molecule has 0 heterocycles. The van der Waals surface area contributed by atoms with Crippen LogP contribution in [0, 0.1) is 0 Å². The molecule has 4 heteroatoms.